The van der Waals surface area contributed by atoms with E-state index >= 15 is 0 Å². The Kier molecular flexibility index (Phi) is 6.33. The van der Waals surface area contributed by atoms with Gasteiger partial charge in [0.15, 0.2) is 0 Å². The van der Waals surface area contributed by atoms with Crippen LogP contribution in [0, 0.1) is 6.92 Å². The van der Waals surface area contributed by atoms with Gasteiger partial charge in [0, 0.05) is 30.4 Å². The fourth-order valence-corrected chi connectivity index (χ4v) is 3.28. The largest absolute Gasteiger partial charge is 0.480 e. The van der Waals surface area contributed by atoms with Gasteiger partial charge in [-0.25, -0.2) is 4.98 Å². The minimum Gasteiger partial charge on any atom is -0.480 e. The molecule has 2 amide bonds. The maximum atomic E-state index is 12.9. The number of aryl methyl sites for hydroxylation is 1. The van der Waals surface area contributed by atoms with E-state index < -0.39 is 0 Å². The van der Waals surface area contributed by atoms with Gasteiger partial charge in [-0.2, -0.15) is 4.98 Å². The molecule has 0 unspecified atom stereocenters. The SMILES string of the molecule is C=CC(=O)Nc1ccc(C(=O)N2CC[C@@H](Nc3ncc(Cl)c(OC)n3)C2)cc1C. The Labute approximate surface area is 173 Å². The van der Waals surface area contributed by atoms with Crippen molar-refractivity contribution >= 4 is 35.1 Å². The number of hydrogen-bond donors (Lipinski definition) is 2. The van der Waals surface area contributed by atoms with Gasteiger partial charge in [0.25, 0.3) is 5.91 Å². The number of nitrogens with zero attached hydrogens (tertiary/aromatic N) is 3. The second-order valence-electron chi connectivity index (χ2n) is 6.66. The molecule has 1 fully saturated rings. The lowest BCUT2D eigenvalue weighted by Crippen LogP contribution is -2.32. The highest BCUT2D eigenvalue weighted by Gasteiger charge is 2.27. The van der Waals surface area contributed by atoms with E-state index in [-0.39, 0.29) is 17.9 Å². The summed E-state index contributed by atoms with van der Waals surface area (Å²) in [6, 6.07) is 5.23. The summed E-state index contributed by atoms with van der Waals surface area (Å²) >= 11 is 5.95. The molecule has 3 rings (SSSR count). The van der Waals surface area contributed by atoms with Gasteiger partial charge >= 0.3 is 0 Å². The molecule has 1 aliphatic rings. The van der Waals surface area contributed by atoms with Crippen LogP contribution in [0.2, 0.25) is 5.02 Å². The Balaban J connectivity index is 1.64. The molecule has 0 bridgehead atoms. The summed E-state index contributed by atoms with van der Waals surface area (Å²) in [6.45, 7) is 6.43. The molecule has 1 aromatic heterocycles. The van der Waals surface area contributed by atoms with Gasteiger partial charge < -0.3 is 20.3 Å². The van der Waals surface area contributed by atoms with Crippen LogP contribution in [0.4, 0.5) is 11.6 Å². The molecule has 8 nitrogen and oxygen atoms in total. The van der Waals surface area contributed by atoms with Crippen molar-refractivity contribution < 1.29 is 14.3 Å². The summed E-state index contributed by atoms with van der Waals surface area (Å²) in [4.78, 5) is 34.5. The highest BCUT2D eigenvalue weighted by atomic mass is 35.5. The Morgan fingerprint density at radius 1 is 1.41 bits per heavy atom. The Hall–Kier alpha value is -3.13. The summed E-state index contributed by atoms with van der Waals surface area (Å²) in [5, 5.41) is 6.27. The molecule has 0 aliphatic carbocycles. The van der Waals surface area contributed by atoms with Crippen molar-refractivity contribution in [3.63, 3.8) is 0 Å². The zero-order chi connectivity index (χ0) is 21.0. The third kappa shape index (κ3) is 4.83. The lowest BCUT2D eigenvalue weighted by molar-refractivity contribution is -0.111. The molecule has 1 aromatic carbocycles. The van der Waals surface area contributed by atoms with Crippen LogP contribution in [0.15, 0.2) is 37.1 Å². The molecule has 152 valence electrons. The molecule has 9 heteroatoms. The van der Waals surface area contributed by atoms with Crippen molar-refractivity contribution in [2.45, 2.75) is 19.4 Å². The first-order valence-electron chi connectivity index (χ1n) is 9.07. The summed E-state index contributed by atoms with van der Waals surface area (Å²) in [5.74, 6) is 0.355. The number of nitrogens with one attached hydrogen (secondary N) is 2. The summed E-state index contributed by atoms with van der Waals surface area (Å²) in [7, 11) is 1.49. The number of carbonyl (C=O) groups excluding carboxylic acids is 2. The van der Waals surface area contributed by atoms with Crippen molar-refractivity contribution in [3.8, 4) is 5.88 Å². The number of aromatic nitrogens is 2. The molecule has 1 atom stereocenters. The lowest BCUT2D eigenvalue weighted by atomic mass is 10.1. The van der Waals surface area contributed by atoms with Gasteiger partial charge in [0.05, 0.1) is 13.3 Å². The van der Waals surface area contributed by atoms with E-state index in [1.165, 1.54) is 19.4 Å². The van der Waals surface area contributed by atoms with Crippen molar-refractivity contribution in [2.75, 3.05) is 30.8 Å². The molecule has 0 saturated carbocycles. The zero-order valence-corrected chi connectivity index (χ0v) is 17.0. The second kappa shape index (κ2) is 8.91. The van der Waals surface area contributed by atoms with E-state index in [1.807, 2.05) is 6.92 Å². The molecular formula is C20H22ClN5O3. The number of hydrogen-bond acceptors (Lipinski definition) is 6. The fraction of sp³-hybridized carbons (Fsp3) is 0.300. The number of anilines is 2. The van der Waals surface area contributed by atoms with E-state index in [0.29, 0.717) is 41.2 Å². The van der Waals surface area contributed by atoms with Crippen LogP contribution >= 0.6 is 11.6 Å². The number of carbonyl (C=O) groups is 2. The third-order valence-electron chi connectivity index (χ3n) is 4.63. The smallest absolute Gasteiger partial charge is 0.253 e. The monoisotopic (exact) mass is 415 g/mol. The maximum absolute atomic E-state index is 12.9. The van der Waals surface area contributed by atoms with Crippen LogP contribution in [0.1, 0.15) is 22.3 Å². The van der Waals surface area contributed by atoms with Crippen molar-refractivity contribution in [3.05, 3.63) is 53.2 Å². The van der Waals surface area contributed by atoms with Crippen molar-refractivity contribution in [1.29, 1.82) is 0 Å². The van der Waals surface area contributed by atoms with E-state index in [4.69, 9.17) is 16.3 Å². The van der Waals surface area contributed by atoms with Crippen LogP contribution in [0.3, 0.4) is 0 Å². The number of likely N-dealkylation sites (tertiary alicyclic amines) is 1. The Bertz CT molecular complexity index is 950. The van der Waals surface area contributed by atoms with E-state index in [2.05, 4.69) is 27.2 Å². The van der Waals surface area contributed by atoms with E-state index in [1.54, 1.807) is 23.1 Å². The standard InChI is InChI=1S/C20H22ClN5O3/c1-4-17(27)24-16-6-5-13(9-12(16)2)19(28)26-8-7-14(11-26)23-20-22-10-15(21)18(25-20)29-3/h4-6,9-10,14H,1,7-8,11H2,2-3H3,(H,24,27)(H,22,23,25)/t14-/m1/s1. The first kappa shape index (κ1) is 20.6. The number of rotatable bonds is 6. The number of halogens is 1. The molecule has 29 heavy (non-hydrogen) atoms. The fourth-order valence-electron chi connectivity index (χ4n) is 3.11. The minimum absolute atomic E-state index is 0.0251. The van der Waals surface area contributed by atoms with Gasteiger partial charge in [-0.15, -0.1) is 0 Å². The molecule has 1 saturated heterocycles. The molecule has 0 radical (unpaired) electrons. The Morgan fingerprint density at radius 2 is 2.21 bits per heavy atom. The first-order chi connectivity index (χ1) is 13.9. The van der Waals surface area contributed by atoms with Crippen molar-refractivity contribution in [1.82, 2.24) is 14.9 Å². The van der Waals surface area contributed by atoms with Crippen LogP contribution in [-0.4, -0.2) is 52.9 Å². The Morgan fingerprint density at radius 3 is 2.90 bits per heavy atom. The van der Waals surface area contributed by atoms with Gasteiger partial charge in [-0.3, -0.25) is 9.59 Å². The average molecular weight is 416 g/mol. The normalized spacial score (nSPS) is 15.7. The number of amides is 2. The van der Waals surface area contributed by atoms with Gasteiger partial charge in [0.2, 0.25) is 17.7 Å². The van der Waals surface area contributed by atoms with E-state index in [0.717, 1.165) is 12.0 Å². The predicted octanol–water partition coefficient (Wildman–Crippen LogP) is 2.90. The van der Waals surface area contributed by atoms with Crippen LogP contribution in [0.5, 0.6) is 5.88 Å². The lowest BCUT2D eigenvalue weighted by Gasteiger charge is -2.18. The first-order valence-corrected chi connectivity index (χ1v) is 9.45. The summed E-state index contributed by atoms with van der Waals surface area (Å²) in [6.07, 6.45) is 3.45. The molecule has 2 aromatic rings. The molecule has 0 spiro atoms. The highest BCUT2D eigenvalue weighted by molar-refractivity contribution is 6.31. The van der Waals surface area contributed by atoms with Gasteiger partial charge in [-0.05, 0) is 43.2 Å². The van der Waals surface area contributed by atoms with Crippen molar-refractivity contribution in [2.24, 2.45) is 0 Å². The van der Waals surface area contributed by atoms with E-state index in [9.17, 15) is 9.59 Å². The number of ether oxygens (including phenoxy) is 1. The third-order valence-corrected chi connectivity index (χ3v) is 4.89. The highest BCUT2D eigenvalue weighted by Crippen LogP contribution is 2.23. The molecule has 2 N–H and O–H groups in total. The van der Waals surface area contributed by atoms with Gasteiger partial charge in [-0.1, -0.05) is 18.2 Å². The maximum Gasteiger partial charge on any atom is 0.253 e. The molecule has 2 heterocycles. The second-order valence-corrected chi connectivity index (χ2v) is 7.06. The predicted molar refractivity (Wildman–Crippen MR) is 112 cm³/mol. The average Bonchev–Trinajstić information content (AvgIpc) is 3.18. The summed E-state index contributed by atoms with van der Waals surface area (Å²) in [5.41, 5.74) is 2.03. The zero-order valence-electron chi connectivity index (χ0n) is 16.2. The minimum atomic E-state index is -0.290. The van der Waals surface area contributed by atoms with Crippen LogP contribution < -0.4 is 15.4 Å². The topological polar surface area (TPSA) is 96.5 Å². The van der Waals surface area contributed by atoms with Crippen LogP contribution in [0.25, 0.3) is 0 Å². The van der Waals surface area contributed by atoms with Gasteiger partial charge in [0.1, 0.15) is 5.02 Å². The molecule has 1 aliphatic heterocycles. The quantitative estimate of drug-likeness (QED) is 0.704. The molecular weight excluding hydrogens is 394 g/mol. The summed E-state index contributed by atoms with van der Waals surface area (Å²) < 4.78 is 5.10. The van der Waals surface area contributed by atoms with Crippen LogP contribution in [-0.2, 0) is 4.79 Å². The number of benzene rings is 1. The number of methoxy groups -OCH3 is 1.